The van der Waals surface area contributed by atoms with Gasteiger partial charge in [0.05, 0.1) is 41.6 Å². The van der Waals surface area contributed by atoms with Crippen LogP contribution in [0.25, 0.3) is 79.8 Å². The summed E-state index contributed by atoms with van der Waals surface area (Å²) in [5.41, 5.74) is 20.8. The van der Waals surface area contributed by atoms with Crippen molar-refractivity contribution >= 4 is 46.4 Å². The quantitative estimate of drug-likeness (QED) is 0.186. The van der Waals surface area contributed by atoms with Gasteiger partial charge in [-0.25, -0.2) is 9.97 Å². The lowest BCUT2D eigenvalue weighted by atomic mass is 9.86. The molecular weight excluding hydrogens is 749 g/mol. The molecule has 1 saturated heterocycles. The number of benzene rings is 3. The summed E-state index contributed by atoms with van der Waals surface area (Å²) in [5.74, 6) is 0. The van der Waals surface area contributed by atoms with Gasteiger partial charge >= 0.3 is 0 Å². The van der Waals surface area contributed by atoms with Crippen LogP contribution in [0, 0.1) is 26.2 Å². The smallest absolute Gasteiger partial charge is 0.187 e. The first-order valence-electron chi connectivity index (χ1n) is 21.6. The first-order chi connectivity index (χ1) is 28.9. The fourth-order valence-electron chi connectivity index (χ4n) is 9.05. The number of nitrogens with one attached hydrogen (secondary N) is 2. The van der Waals surface area contributed by atoms with E-state index in [1.54, 1.807) is 0 Å². The van der Waals surface area contributed by atoms with Gasteiger partial charge < -0.3 is 19.4 Å². The van der Waals surface area contributed by atoms with Gasteiger partial charge in [-0.05, 0) is 119 Å². The summed E-state index contributed by atoms with van der Waals surface area (Å²) in [5, 5.41) is 0. The van der Waals surface area contributed by atoms with Crippen molar-refractivity contribution < 1.29 is 9.47 Å². The molecule has 6 heterocycles. The van der Waals surface area contributed by atoms with Gasteiger partial charge in [0.25, 0.3) is 0 Å². The van der Waals surface area contributed by atoms with Gasteiger partial charge in [0.2, 0.25) is 0 Å². The number of nitrogens with zero attached hydrogens (tertiary/aromatic N) is 2. The number of hydrogen-bond donors (Lipinski definition) is 2. The van der Waals surface area contributed by atoms with Crippen LogP contribution in [0.2, 0.25) is 0 Å². The van der Waals surface area contributed by atoms with E-state index in [2.05, 4.69) is 195 Å². The predicted molar refractivity (Wildman–Crippen MR) is 255 cm³/mol. The summed E-state index contributed by atoms with van der Waals surface area (Å²) in [6.07, 6.45) is 7.99. The zero-order valence-corrected chi connectivity index (χ0v) is 37.6. The van der Waals surface area contributed by atoms with E-state index >= 15 is 0 Å². The minimum atomic E-state index is -0.607. The van der Waals surface area contributed by atoms with Crippen LogP contribution in [0.1, 0.15) is 118 Å². The van der Waals surface area contributed by atoms with Gasteiger partial charge in [-0.3, -0.25) is 0 Å². The van der Waals surface area contributed by atoms with Crippen molar-refractivity contribution in [3.63, 3.8) is 0 Å². The highest BCUT2D eigenvalue weighted by Crippen LogP contribution is 2.41. The second-order valence-electron chi connectivity index (χ2n) is 20.1. The SMILES string of the molecule is Cc1cc(C)c(-c2c3nc(c(-c4ccc(C(C)(C)C)cc4)c4ccc([nH]4)c(C4OCC(C)(C)CO4)c4nc(c(-c5ccc(C(C)(C)C)cc5)c5ccc2[nH]5)C=C4)C=C3)c(C)c1. The summed E-state index contributed by atoms with van der Waals surface area (Å²) < 4.78 is 13.1. The molecule has 3 aliphatic rings. The van der Waals surface area contributed by atoms with E-state index in [0.717, 1.165) is 78.2 Å². The van der Waals surface area contributed by atoms with Gasteiger partial charge in [-0.15, -0.1) is 0 Å². The van der Waals surface area contributed by atoms with E-state index in [1.165, 1.54) is 33.4 Å². The Morgan fingerprint density at radius 3 is 1.38 bits per heavy atom. The van der Waals surface area contributed by atoms with E-state index in [9.17, 15) is 0 Å². The Labute approximate surface area is 360 Å². The molecule has 8 bridgehead atoms. The highest BCUT2D eigenvalue weighted by atomic mass is 16.7. The zero-order valence-electron chi connectivity index (χ0n) is 37.6. The summed E-state index contributed by atoms with van der Waals surface area (Å²) in [4.78, 5) is 18.8. The normalized spacial score (nSPS) is 15.5. The zero-order chi connectivity index (χ0) is 43.0. The predicted octanol–water partition coefficient (Wildman–Crippen LogP) is 14.2. The van der Waals surface area contributed by atoms with E-state index in [0.29, 0.717) is 13.2 Å². The van der Waals surface area contributed by atoms with Crippen LogP contribution >= 0.6 is 0 Å². The molecule has 6 aromatic rings. The fraction of sp³-hybridized carbons (Fsp3) is 0.309. The fourth-order valence-corrected chi connectivity index (χ4v) is 9.05. The number of fused-ring (bicyclic) bond motifs is 8. The summed E-state index contributed by atoms with van der Waals surface area (Å²) >= 11 is 0. The van der Waals surface area contributed by atoms with Crippen LogP contribution in [0.5, 0.6) is 0 Å². The van der Waals surface area contributed by atoms with Crippen molar-refractivity contribution in [1.82, 2.24) is 19.9 Å². The molecule has 0 amide bonds. The number of aryl methyl sites for hydroxylation is 3. The van der Waals surface area contributed by atoms with Gasteiger partial charge in [0.1, 0.15) is 0 Å². The number of hydrogen-bond acceptors (Lipinski definition) is 4. The summed E-state index contributed by atoms with van der Waals surface area (Å²) in [7, 11) is 0. The molecule has 3 aromatic heterocycles. The first kappa shape index (κ1) is 40.6. The molecule has 1 fully saturated rings. The summed E-state index contributed by atoms with van der Waals surface area (Å²) in [6.45, 7) is 25.6. The van der Waals surface area contributed by atoms with E-state index in [1.807, 2.05) is 0 Å². The first-order valence-corrected chi connectivity index (χ1v) is 21.6. The number of ether oxygens (including phenoxy) is 2. The Bertz CT molecular complexity index is 2840. The Morgan fingerprint density at radius 2 is 0.902 bits per heavy atom. The molecule has 2 N–H and O–H groups in total. The Hall–Kier alpha value is -5.82. The second kappa shape index (κ2) is 15.0. The highest BCUT2D eigenvalue weighted by molar-refractivity contribution is 5.98. The molecule has 3 aromatic carbocycles. The lowest BCUT2D eigenvalue weighted by Gasteiger charge is -2.34. The maximum absolute atomic E-state index is 6.56. The lowest BCUT2D eigenvalue weighted by Crippen LogP contribution is -2.34. The minimum Gasteiger partial charge on any atom is -0.355 e. The highest BCUT2D eigenvalue weighted by Gasteiger charge is 2.32. The maximum Gasteiger partial charge on any atom is 0.187 e. The van der Waals surface area contributed by atoms with E-state index in [-0.39, 0.29) is 16.2 Å². The van der Waals surface area contributed by atoms with Crippen LogP contribution in [0.4, 0.5) is 0 Å². The molecule has 310 valence electrons. The van der Waals surface area contributed by atoms with Crippen LogP contribution in [0.3, 0.4) is 0 Å². The Morgan fingerprint density at radius 1 is 0.508 bits per heavy atom. The molecule has 3 aliphatic heterocycles. The standard InChI is InChI=1S/C55H58N4O2/c1-32-28-33(2)47(34(3)29-32)50-43-24-20-39(56-43)48(35-12-16-37(17-13-35)53(4,5)6)41-22-26-45(58-41)51(52-60-30-55(10,11)31-61-52)46-27-23-42(59-46)49(40-21-25-44(50)57-40)36-14-18-38(19-15-36)54(7,8)9/h12-29,52,56,59H,30-31H2,1-11H3. The third-order valence-electron chi connectivity index (χ3n) is 12.3. The average Bonchev–Trinajstić information content (AvgIpc) is 4.04. The largest absolute Gasteiger partial charge is 0.355 e. The van der Waals surface area contributed by atoms with Crippen LogP contribution in [0.15, 0.2) is 84.9 Å². The van der Waals surface area contributed by atoms with Crippen molar-refractivity contribution in [2.24, 2.45) is 5.41 Å². The molecule has 0 aliphatic carbocycles. The Kier molecular flexibility index (Phi) is 9.96. The molecule has 0 radical (unpaired) electrons. The molecule has 0 spiro atoms. The van der Waals surface area contributed by atoms with Crippen molar-refractivity contribution in [2.75, 3.05) is 13.2 Å². The van der Waals surface area contributed by atoms with Crippen LogP contribution in [-0.4, -0.2) is 33.1 Å². The molecule has 0 atom stereocenters. The van der Waals surface area contributed by atoms with Gasteiger partial charge in [0.15, 0.2) is 6.29 Å². The van der Waals surface area contributed by atoms with Crippen LogP contribution in [-0.2, 0) is 20.3 Å². The molecule has 61 heavy (non-hydrogen) atoms. The van der Waals surface area contributed by atoms with Gasteiger partial charge in [0, 0.05) is 44.2 Å². The number of H-pyrrole nitrogens is 2. The number of rotatable bonds is 4. The topological polar surface area (TPSA) is 75.8 Å². The van der Waals surface area contributed by atoms with Crippen molar-refractivity contribution in [2.45, 2.75) is 93.3 Å². The van der Waals surface area contributed by atoms with E-state index in [4.69, 9.17) is 19.4 Å². The van der Waals surface area contributed by atoms with Gasteiger partial charge in [-0.1, -0.05) is 122 Å². The third kappa shape index (κ3) is 7.73. The number of aromatic amines is 2. The molecule has 6 heteroatoms. The molecular formula is C55H58N4O2. The lowest BCUT2D eigenvalue weighted by molar-refractivity contribution is -0.225. The van der Waals surface area contributed by atoms with Crippen LogP contribution < -0.4 is 0 Å². The summed E-state index contributed by atoms with van der Waals surface area (Å²) in [6, 6.07) is 31.2. The third-order valence-corrected chi connectivity index (χ3v) is 12.3. The molecule has 6 nitrogen and oxygen atoms in total. The van der Waals surface area contributed by atoms with Gasteiger partial charge in [-0.2, -0.15) is 0 Å². The number of aromatic nitrogens is 4. The molecule has 0 unspecified atom stereocenters. The minimum absolute atomic E-state index is 0.0223. The monoisotopic (exact) mass is 806 g/mol. The maximum atomic E-state index is 6.56. The molecule has 9 rings (SSSR count). The molecule has 0 saturated carbocycles. The second-order valence-corrected chi connectivity index (χ2v) is 20.1. The van der Waals surface area contributed by atoms with E-state index < -0.39 is 6.29 Å². The average molecular weight is 807 g/mol. The van der Waals surface area contributed by atoms with Crippen molar-refractivity contribution in [3.8, 4) is 33.4 Å². The van der Waals surface area contributed by atoms with Crippen molar-refractivity contribution in [3.05, 3.63) is 141 Å². The van der Waals surface area contributed by atoms with Crippen molar-refractivity contribution in [1.29, 1.82) is 0 Å². The Balaban J connectivity index is 1.42.